The highest BCUT2D eigenvalue weighted by molar-refractivity contribution is 6.35. The predicted molar refractivity (Wildman–Crippen MR) is 166 cm³/mol. The van der Waals surface area contributed by atoms with Crippen LogP contribution in [0.1, 0.15) is 32.7 Å². The van der Waals surface area contributed by atoms with Gasteiger partial charge in [-0.25, -0.2) is 13.6 Å². The highest BCUT2D eigenvalue weighted by atomic mass is 35.5. The van der Waals surface area contributed by atoms with Crippen LogP contribution in [-0.4, -0.2) is 89.9 Å². The second-order valence-electron chi connectivity index (χ2n) is 12.0. The minimum atomic E-state index is -0.800. The van der Waals surface area contributed by atoms with Crippen molar-refractivity contribution in [2.45, 2.75) is 50.9 Å². The van der Waals surface area contributed by atoms with Gasteiger partial charge >= 0.3 is 5.69 Å². The van der Waals surface area contributed by atoms with Crippen LogP contribution in [-0.2, 0) is 9.53 Å². The minimum absolute atomic E-state index is 0.0585. The number of likely N-dealkylation sites (tertiary alicyclic amines) is 1. The lowest BCUT2D eigenvalue weighted by Crippen LogP contribution is -2.58. The zero-order chi connectivity index (χ0) is 31.3. The second kappa shape index (κ2) is 12.1. The highest BCUT2D eigenvalue weighted by Gasteiger charge is 2.36. The number of benzene rings is 2. The lowest BCUT2D eigenvalue weighted by molar-refractivity contribution is -0.128. The van der Waals surface area contributed by atoms with Gasteiger partial charge in [0.25, 0.3) is 0 Å². The molecule has 44 heavy (non-hydrogen) atoms. The lowest BCUT2D eigenvalue weighted by atomic mass is 9.99. The van der Waals surface area contributed by atoms with Crippen molar-refractivity contribution in [2.24, 2.45) is 0 Å². The number of nitrogens with zero attached hydrogens (tertiary/aromatic N) is 5. The molecule has 0 saturated carbocycles. The summed E-state index contributed by atoms with van der Waals surface area (Å²) in [5, 5.41) is 0.727. The molecule has 1 amide bonds. The number of piperazine rings is 1. The van der Waals surface area contributed by atoms with E-state index in [2.05, 4.69) is 23.5 Å². The molecule has 0 aliphatic carbocycles. The van der Waals surface area contributed by atoms with Gasteiger partial charge in [0.15, 0.2) is 5.75 Å². The number of aromatic nitrogens is 2. The van der Waals surface area contributed by atoms with E-state index in [1.807, 2.05) is 18.7 Å². The fourth-order valence-corrected chi connectivity index (χ4v) is 7.02. The minimum Gasteiger partial charge on any atom is -0.488 e. The van der Waals surface area contributed by atoms with Gasteiger partial charge in [0, 0.05) is 53.8 Å². The van der Waals surface area contributed by atoms with E-state index in [-0.39, 0.29) is 53.1 Å². The zero-order valence-electron chi connectivity index (χ0n) is 25.1. The topological polar surface area (TPSA) is 80.1 Å². The molecule has 3 aliphatic heterocycles. The Morgan fingerprint density at radius 1 is 1.18 bits per heavy atom. The van der Waals surface area contributed by atoms with Crippen LogP contribution in [0.5, 0.6) is 5.75 Å². The number of amides is 1. The van der Waals surface area contributed by atoms with Crippen LogP contribution < -0.4 is 15.3 Å². The third kappa shape index (κ3) is 5.35. The summed E-state index contributed by atoms with van der Waals surface area (Å²) in [5.41, 5.74) is 0.214. The third-order valence-electron chi connectivity index (χ3n) is 9.09. The average Bonchev–Trinajstić information content (AvgIpc) is 3.40. The van der Waals surface area contributed by atoms with Crippen molar-refractivity contribution in [2.75, 3.05) is 51.4 Å². The van der Waals surface area contributed by atoms with Crippen LogP contribution in [0, 0.1) is 11.6 Å². The number of rotatable bonds is 7. The zero-order valence-corrected chi connectivity index (χ0v) is 25.8. The maximum absolute atomic E-state index is 15.1. The molecule has 0 radical (unpaired) electrons. The van der Waals surface area contributed by atoms with Crippen molar-refractivity contribution in [1.82, 2.24) is 19.4 Å². The number of anilines is 1. The molecule has 2 aromatic carbocycles. The number of carbonyl (C=O) groups excluding carboxylic acids is 1. The molecular formula is C32H36ClF2N5O4. The maximum Gasteiger partial charge on any atom is 0.350 e. The third-order valence-corrected chi connectivity index (χ3v) is 9.39. The van der Waals surface area contributed by atoms with Gasteiger partial charge in [0.1, 0.15) is 24.1 Å². The fraction of sp³-hybridized carbons (Fsp3) is 0.469. The van der Waals surface area contributed by atoms with Crippen molar-refractivity contribution in [1.29, 1.82) is 0 Å². The molecular weight excluding hydrogens is 592 g/mol. The number of hydrogen-bond acceptors (Lipinski definition) is 7. The van der Waals surface area contributed by atoms with Crippen molar-refractivity contribution < 1.29 is 23.0 Å². The van der Waals surface area contributed by atoms with Crippen LogP contribution in [0.15, 0.2) is 41.7 Å². The van der Waals surface area contributed by atoms with E-state index in [4.69, 9.17) is 21.1 Å². The van der Waals surface area contributed by atoms with E-state index >= 15 is 4.39 Å². The van der Waals surface area contributed by atoms with Crippen molar-refractivity contribution in [3.63, 3.8) is 0 Å². The fourth-order valence-electron chi connectivity index (χ4n) is 6.72. The number of carbonyl (C=O) groups is 1. The monoisotopic (exact) mass is 627 g/mol. The SMILES string of the molecule is C=CC(=O)N1C[C@H](C)N(c2nc(=O)n3c4c(c(-c5ccc(F)cc5F)c(Cl)cc24)OCC3COC[C@@H]2CCCN2C)C[C@H]1C. The molecule has 2 saturated heterocycles. The van der Waals surface area contributed by atoms with Gasteiger partial charge in [-0.05, 0) is 64.6 Å². The Balaban J connectivity index is 1.47. The summed E-state index contributed by atoms with van der Waals surface area (Å²) >= 11 is 6.85. The van der Waals surface area contributed by atoms with Crippen molar-refractivity contribution in [3.05, 3.63) is 64.1 Å². The molecule has 234 valence electrons. The molecule has 6 rings (SSSR count). The normalized spacial score (nSPS) is 23.7. The van der Waals surface area contributed by atoms with E-state index in [1.165, 1.54) is 12.1 Å². The van der Waals surface area contributed by atoms with Crippen LogP contribution in [0.2, 0.25) is 5.02 Å². The van der Waals surface area contributed by atoms with Gasteiger partial charge in [-0.2, -0.15) is 4.98 Å². The summed E-state index contributed by atoms with van der Waals surface area (Å²) in [4.78, 5) is 37.0. The summed E-state index contributed by atoms with van der Waals surface area (Å²) in [7, 11) is 2.08. The molecule has 0 spiro atoms. The Labute approximate surface area is 259 Å². The molecule has 4 atom stereocenters. The second-order valence-corrected chi connectivity index (χ2v) is 12.4. The molecule has 12 heteroatoms. The van der Waals surface area contributed by atoms with Gasteiger partial charge < -0.3 is 24.2 Å². The van der Waals surface area contributed by atoms with Crippen LogP contribution in [0.4, 0.5) is 14.6 Å². The molecule has 2 fully saturated rings. The summed E-state index contributed by atoms with van der Waals surface area (Å²) in [6.07, 6.45) is 3.47. The summed E-state index contributed by atoms with van der Waals surface area (Å²) in [6, 6.07) is 4.37. The molecule has 9 nitrogen and oxygen atoms in total. The highest BCUT2D eigenvalue weighted by Crippen LogP contribution is 2.47. The predicted octanol–water partition coefficient (Wildman–Crippen LogP) is 4.65. The Kier molecular flexibility index (Phi) is 8.38. The maximum atomic E-state index is 15.1. The first-order valence-electron chi connectivity index (χ1n) is 14.9. The number of halogens is 3. The van der Waals surface area contributed by atoms with E-state index in [0.717, 1.165) is 31.5 Å². The van der Waals surface area contributed by atoms with Gasteiger partial charge in [0.2, 0.25) is 5.91 Å². The van der Waals surface area contributed by atoms with E-state index in [1.54, 1.807) is 15.5 Å². The first-order valence-corrected chi connectivity index (χ1v) is 15.3. The molecule has 0 bridgehead atoms. The number of likely N-dealkylation sites (N-methyl/N-ethyl adjacent to an activating group) is 1. The van der Waals surface area contributed by atoms with Gasteiger partial charge in [-0.1, -0.05) is 18.2 Å². The first kappa shape index (κ1) is 30.5. The molecule has 3 aromatic rings. The van der Waals surface area contributed by atoms with Crippen LogP contribution in [0.25, 0.3) is 22.0 Å². The number of hydrogen-bond donors (Lipinski definition) is 0. The number of ether oxygens (including phenoxy) is 2. The van der Waals surface area contributed by atoms with Crippen LogP contribution >= 0.6 is 11.6 Å². The Bertz CT molecular complexity index is 1680. The summed E-state index contributed by atoms with van der Waals surface area (Å²) in [6.45, 7) is 10.2. The smallest absolute Gasteiger partial charge is 0.350 e. The standard InChI is InChI=1S/C32H36ClF2N5O4/c1-5-27(41)38-13-19(3)39(14-18(38)2)31-24-12-25(33)28(23-9-8-20(34)11-26(23)35)30-29(24)40(32(42)36-31)22(17-44-30)16-43-15-21-7-6-10-37(21)4/h5,8-9,11-12,18-19,21-22H,1,6-7,10,13-17H2,2-4H3/t18-,19+,21+,22?/m1/s1. The van der Waals surface area contributed by atoms with Crippen LogP contribution in [0.3, 0.4) is 0 Å². The first-order chi connectivity index (χ1) is 21.1. The van der Waals surface area contributed by atoms with E-state index < -0.39 is 23.4 Å². The largest absolute Gasteiger partial charge is 0.488 e. The molecule has 1 unspecified atom stereocenters. The Morgan fingerprint density at radius 2 is 1.95 bits per heavy atom. The molecule has 0 N–H and O–H groups in total. The molecule has 1 aromatic heterocycles. The van der Waals surface area contributed by atoms with Crippen molar-refractivity contribution >= 4 is 34.2 Å². The average molecular weight is 628 g/mol. The van der Waals surface area contributed by atoms with Gasteiger partial charge in [-0.15, -0.1) is 0 Å². The molecule has 3 aliphatic rings. The Morgan fingerprint density at radius 3 is 2.66 bits per heavy atom. The van der Waals surface area contributed by atoms with Gasteiger partial charge in [-0.3, -0.25) is 9.36 Å². The summed E-state index contributed by atoms with van der Waals surface area (Å²) in [5.74, 6) is -1.05. The van der Waals surface area contributed by atoms with Crippen molar-refractivity contribution in [3.8, 4) is 16.9 Å². The molecule has 4 heterocycles. The lowest BCUT2D eigenvalue weighted by Gasteiger charge is -2.45. The Hall–Kier alpha value is -3.54. The van der Waals surface area contributed by atoms with E-state index in [0.29, 0.717) is 42.5 Å². The quantitative estimate of drug-likeness (QED) is 0.353. The van der Waals surface area contributed by atoms with Gasteiger partial charge in [0.05, 0.1) is 29.8 Å². The summed E-state index contributed by atoms with van der Waals surface area (Å²) < 4.78 is 43.0. The van der Waals surface area contributed by atoms with E-state index in [9.17, 15) is 14.0 Å².